The van der Waals surface area contributed by atoms with E-state index in [0.29, 0.717) is 5.69 Å². The molecule has 4 nitrogen and oxygen atoms in total. The molecule has 5 heteroatoms. The number of anilines is 1. The Labute approximate surface area is 119 Å². The van der Waals surface area contributed by atoms with Gasteiger partial charge >= 0.3 is 5.97 Å². The number of nitrogens with zero attached hydrogens (tertiary/aromatic N) is 1. The van der Waals surface area contributed by atoms with Crippen LogP contribution < -0.4 is 5.32 Å². The van der Waals surface area contributed by atoms with Gasteiger partial charge in [0.05, 0.1) is 7.11 Å². The number of hydrogen-bond donors (Lipinski definition) is 1. The fourth-order valence-electron chi connectivity index (χ4n) is 1.71. The molecule has 0 saturated heterocycles. The third kappa shape index (κ3) is 6.47. The Bertz CT molecular complexity index is 385. The monoisotopic (exact) mass is 282 g/mol. The number of nitrogens with one attached hydrogen (secondary N) is 1. The number of carbonyl (C=O) groups excluding carboxylic acids is 1. The molecule has 0 radical (unpaired) electrons. The van der Waals surface area contributed by atoms with Crippen molar-refractivity contribution in [2.75, 3.05) is 31.0 Å². The van der Waals surface area contributed by atoms with Gasteiger partial charge in [0.1, 0.15) is 5.69 Å². The predicted octanol–water partition coefficient (Wildman–Crippen LogP) is 3.20. The molecule has 0 amide bonds. The van der Waals surface area contributed by atoms with Crippen LogP contribution in [0, 0.1) is 0 Å². The van der Waals surface area contributed by atoms with Crippen LogP contribution in [0.15, 0.2) is 18.3 Å². The largest absolute Gasteiger partial charge is 0.464 e. The lowest BCUT2D eigenvalue weighted by molar-refractivity contribution is 0.0594. The van der Waals surface area contributed by atoms with E-state index in [4.69, 9.17) is 0 Å². The zero-order valence-corrected chi connectivity index (χ0v) is 12.5. The van der Waals surface area contributed by atoms with E-state index in [1.807, 2.05) is 17.8 Å². The lowest BCUT2D eigenvalue weighted by atomic mass is 10.2. The molecule has 1 N–H and O–H groups in total. The van der Waals surface area contributed by atoms with Crippen molar-refractivity contribution >= 4 is 23.4 Å². The number of esters is 1. The second-order valence-corrected chi connectivity index (χ2v) is 5.24. The molecule has 0 aromatic carbocycles. The first-order valence-electron chi connectivity index (χ1n) is 6.55. The average Bonchev–Trinajstić information content (AvgIpc) is 2.46. The summed E-state index contributed by atoms with van der Waals surface area (Å²) in [5.41, 5.74) is 1.26. The number of thioether (sulfide) groups is 1. The SMILES string of the molecule is COC(=O)c1cc(NCCCCCCSC)ccn1. The summed E-state index contributed by atoms with van der Waals surface area (Å²) < 4.78 is 4.64. The van der Waals surface area contributed by atoms with Crippen LogP contribution in [0.4, 0.5) is 5.69 Å². The highest BCUT2D eigenvalue weighted by atomic mass is 32.2. The minimum atomic E-state index is -0.402. The maximum absolute atomic E-state index is 11.3. The van der Waals surface area contributed by atoms with E-state index in [1.165, 1.54) is 32.1 Å². The number of carbonyl (C=O) groups is 1. The second-order valence-electron chi connectivity index (χ2n) is 4.26. The Morgan fingerprint density at radius 3 is 2.89 bits per heavy atom. The highest BCUT2D eigenvalue weighted by Crippen LogP contribution is 2.10. The topological polar surface area (TPSA) is 51.2 Å². The zero-order valence-electron chi connectivity index (χ0n) is 11.6. The van der Waals surface area contributed by atoms with Gasteiger partial charge < -0.3 is 10.1 Å². The molecular weight excluding hydrogens is 260 g/mol. The first kappa shape index (κ1) is 15.8. The van der Waals surface area contributed by atoms with Crippen molar-refractivity contribution in [3.8, 4) is 0 Å². The summed E-state index contributed by atoms with van der Waals surface area (Å²) in [6, 6.07) is 3.58. The molecule has 0 atom stereocenters. The van der Waals surface area contributed by atoms with Gasteiger partial charge in [-0.05, 0) is 37.0 Å². The predicted molar refractivity (Wildman–Crippen MR) is 80.9 cm³/mol. The van der Waals surface area contributed by atoms with Gasteiger partial charge in [-0.1, -0.05) is 12.8 Å². The Kier molecular flexibility index (Phi) is 8.05. The molecule has 1 aromatic rings. The first-order valence-corrected chi connectivity index (χ1v) is 7.94. The Morgan fingerprint density at radius 2 is 2.16 bits per heavy atom. The molecule has 1 aromatic heterocycles. The minimum absolute atomic E-state index is 0.340. The summed E-state index contributed by atoms with van der Waals surface area (Å²) in [6.45, 7) is 0.921. The van der Waals surface area contributed by atoms with Gasteiger partial charge in [-0.2, -0.15) is 11.8 Å². The van der Waals surface area contributed by atoms with Crippen molar-refractivity contribution in [2.45, 2.75) is 25.7 Å². The molecular formula is C14H22N2O2S. The van der Waals surface area contributed by atoms with E-state index in [2.05, 4.69) is 21.3 Å². The highest BCUT2D eigenvalue weighted by Gasteiger charge is 2.06. The molecule has 0 bridgehead atoms. The van der Waals surface area contributed by atoms with Gasteiger partial charge in [0.2, 0.25) is 0 Å². The summed E-state index contributed by atoms with van der Waals surface area (Å²) in [7, 11) is 1.36. The fraction of sp³-hybridized carbons (Fsp3) is 0.571. The van der Waals surface area contributed by atoms with Crippen molar-refractivity contribution < 1.29 is 9.53 Å². The third-order valence-electron chi connectivity index (χ3n) is 2.76. The van der Waals surface area contributed by atoms with E-state index in [-0.39, 0.29) is 0 Å². The van der Waals surface area contributed by atoms with E-state index in [1.54, 1.807) is 12.3 Å². The van der Waals surface area contributed by atoms with Crippen molar-refractivity contribution in [3.05, 3.63) is 24.0 Å². The van der Waals surface area contributed by atoms with E-state index < -0.39 is 5.97 Å². The van der Waals surface area contributed by atoms with Crippen LogP contribution in [0.3, 0.4) is 0 Å². The molecule has 1 heterocycles. The Hall–Kier alpha value is -1.23. The summed E-state index contributed by atoms with van der Waals surface area (Å²) in [5.74, 6) is 0.848. The van der Waals surface area contributed by atoms with E-state index in [0.717, 1.165) is 18.7 Å². The van der Waals surface area contributed by atoms with Gasteiger partial charge in [0, 0.05) is 18.4 Å². The van der Waals surface area contributed by atoms with E-state index in [9.17, 15) is 4.79 Å². The van der Waals surface area contributed by atoms with Crippen molar-refractivity contribution in [2.24, 2.45) is 0 Å². The van der Waals surface area contributed by atoms with Crippen LogP contribution in [-0.2, 0) is 4.74 Å². The fourth-order valence-corrected chi connectivity index (χ4v) is 2.21. The normalized spacial score (nSPS) is 10.2. The number of rotatable bonds is 9. The standard InChI is InChI=1S/C14H22N2O2S/c1-18-14(17)13-11-12(7-9-16-13)15-8-5-3-4-6-10-19-2/h7,9,11H,3-6,8,10H2,1-2H3,(H,15,16). The summed E-state index contributed by atoms with van der Waals surface area (Å²) >= 11 is 1.90. The number of ether oxygens (including phenoxy) is 1. The third-order valence-corrected chi connectivity index (χ3v) is 3.46. The maximum Gasteiger partial charge on any atom is 0.356 e. The molecule has 0 aliphatic rings. The number of methoxy groups -OCH3 is 1. The zero-order chi connectivity index (χ0) is 13.9. The molecule has 106 valence electrons. The molecule has 0 spiro atoms. The van der Waals surface area contributed by atoms with Crippen LogP contribution in [-0.4, -0.2) is 36.6 Å². The highest BCUT2D eigenvalue weighted by molar-refractivity contribution is 7.98. The molecule has 0 unspecified atom stereocenters. The van der Waals surface area contributed by atoms with Crippen LogP contribution in [0.5, 0.6) is 0 Å². The molecule has 19 heavy (non-hydrogen) atoms. The summed E-state index contributed by atoms with van der Waals surface area (Å²) in [4.78, 5) is 15.3. The first-order chi connectivity index (χ1) is 9.27. The van der Waals surface area contributed by atoms with Crippen molar-refractivity contribution in [3.63, 3.8) is 0 Å². The van der Waals surface area contributed by atoms with Crippen LogP contribution >= 0.6 is 11.8 Å². The molecule has 1 rings (SSSR count). The van der Waals surface area contributed by atoms with Crippen molar-refractivity contribution in [1.82, 2.24) is 4.98 Å². The second kappa shape index (κ2) is 9.67. The van der Waals surface area contributed by atoms with E-state index >= 15 is 0 Å². The smallest absolute Gasteiger partial charge is 0.356 e. The average molecular weight is 282 g/mol. The van der Waals surface area contributed by atoms with Gasteiger partial charge in [0.15, 0.2) is 0 Å². The van der Waals surface area contributed by atoms with Crippen LogP contribution in [0.25, 0.3) is 0 Å². The lowest BCUT2D eigenvalue weighted by Crippen LogP contribution is -2.06. The number of unbranched alkanes of at least 4 members (excludes halogenated alkanes) is 3. The van der Waals surface area contributed by atoms with Gasteiger partial charge in [0.25, 0.3) is 0 Å². The lowest BCUT2D eigenvalue weighted by Gasteiger charge is -2.07. The summed E-state index contributed by atoms with van der Waals surface area (Å²) in [6.07, 6.45) is 8.72. The quantitative estimate of drug-likeness (QED) is 0.557. The molecule has 0 saturated carbocycles. The Morgan fingerprint density at radius 1 is 1.37 bits per heavy atom. The Balaban J connectivity index is 2.24. The molecule has 0 aliphatic carbocycles. The van der Waals surface area contributed by atoms with Gasteiger partial charge in [-0.25, -0.2) is 9.78 Å². The van der Waals surface area contributed by atoms with Crippen molar-refractivity contribution in [1.29, 1.82) is 0 Å². The van der Waals surface area contributed by atoms with Gasteiger partial charge in [-0.3, -0.25) is 0 Å². The summed E-state index contributed by atoms with van der Waals surface area (Å²) in [5, 5.41) is 3.30. The molecule has 0 fully saturated rings. The van der Waals surface area contributed by atoms with Crippen LogP contribution in [0.2, 0.25) is 0 Å². The number of hydrogen-bond acceptors (Lipinski definition) is 5. The number of pyridine rings is 1. The molecule has 0 aliphatic heterocycles. The van der Waals surface area contributed by atoms with Crippen LogP contribution in [0.1, 0.15) is 36.2 Å². The maximum atomic E-state index is 11.3. The minimum Gasteiger partial charge on any atom is -0.464 e. The van der Waals surface area contributed by atoms with Gasteiger partial charge in [-0.15, -0.1) is 0 Å². The number of aromatic nitrogens is 1.